The summed E-state index contributed by atoms with van der Waals surface area (Å²) >= 11 is 0. The first-order chi connectivity index (χ1) is 16.7. The van der Waals surface area contributed by atoms with E-state index in [9.17, 15) is 9.90 Å². The van der Waals surface area contributed by atoms with Crippen molar-refractivity contribution >= 4 is 6.08 Å². The minimum atomic E-state index is 0.0367. The predicted molar refractivity (Wildman–Crippen MR) is 135 cm³/mol. The van der Waals surface area contributed by atoms with Gasteiger partial charge in [0.05, 0.1) is 0 Å². The maximum atomic E-state index is 13.6. The van der Waals surface area contributed by atoms with Crippen molar-refractivity contribution in [1.82, 2.24) is 14.5 Å². The molecule has 0 aliphatic carbocycles. The number of benzene rings is 2. The number of allylic oxidation sites excluding steroid dienone is 1. The van der Waals surface area contributed by atoms with Gasteiger partial charge >= 0.3 is 0 Å². The van der Waals surface area contributed by atoms with E-state index in [4.69, 9.17) is 0 Å². The van der Waals surface area contributed by atoms with Crippen molar-refractivity contribution in [2.75, 3.05) is 6.54 Å². The lowest BCUT2D eigenvalue weighted by Gasteiger charge is -2.31. The van der Waals surface area contributed by atoms with Crippen LogP contribution < -0.4 is 5.56 Å². The standard InChI is InChI=1S/C29H27N3O2/c33-26-10-8-23(9-11-26)20-31-18-14-28-25(21-31)19-27(24-12-15-30-16-13-24)29(34)32(28)17-4-7-22-5-2-1-3-6-22/h1-13,15-16,19,33H,14,17-18,20-21H2. The highest BCUT2D eigenvalue weighted by atomic mass is 16.3. The van der Waals surface area contributed by atoms with Gasteiger partial charge in [-0.3, -0.25) is 14.7 Å². The average Bonchev–Trinajstić information content (AvgIpc) is 2.88. The second-order valence-electron chi connectivity index (χ2n) is 8.62. The van der Waals surface area contributed by atoms with E-state index in [1.807, 2.05) is 47.0 Å². The minimum Gasteiger partial charge on any atom is -0.508 e. The van der Waals surface area contributed by atoms with Crippen molar-refractivity contribution in [2.24, 2.45) is 0 Å². The maximum Gasteiger partial charge on any atom is 0.258 e. The third-order valence-corrected chi connectivity index (χ3v) is 6.28. The maximum absolute atomic E-state index is 13.6. The zero-order valence-electron chi connectivity index (χ0n) is 19.0. The van der Waals surface area contributed by atoms with Gasteiger partial charge in [-0.05, 0) is 52.6 Å². The normalized spacial score (nSPS) is 13.8. The fraction of sp³-hybridized carbons (Fsp3) is 0.172. The number of phenols is 1. The Hall–Kier alpha value is -3.96. The van der Waals surface area contributed by atoms with Crippen molar-refractivity contribution in [2.45, 2.75) is 26.1 Å². The Kier molecular flexibility index (Phi) is 6.36. The molecule has 5 nitrogen and oxygen atoms in total. The molecule has 0 atom stereocenters. The van der Waals surface area contributed by atoms with Gasteiger partial charge in [-0.2, -0.15) is 0 Å². The molecule has 0 spiro atoms. The van der Waals surface area contributed by atoms with Crippen LogP contribution in [0, 0.1) is 0 Å². The molecule has 0 fully saturated rings. The fourth-order valence-corrected chi connectivity index (χ4v) is 4.56. The lowest BCUT2D eigenvalue weighted by atomic mass is 9.99. The number of hydrogen-bond donors (Lipinski definition) is 1. The average molecular weight is 450 g/mol. The van der Waals surface area contributed by atoms with Crippen molar-refractivity contribution in [3.8, 4) is 16.9 Å². The van der Waals surface area contributed by atoms with Crippen LogP contribution in [0.3, 0.4) is 0 Å². The van der Waals surface area contributed by atoms with Crippen LogP contribution in [0.2, 0.25) is 0 Å². The third-order valence-electron chi connectivity index (χ3n) is 6.28. The van der Waals surface area contributed by atoms with Crippen LogP contribution in [0.15, 0.2) is 96.1 Å². The van der Waals surface area contributed by atoms with E-state index in [1.165, 1.54) is 5.56 Å². The Morgan fingerprint density at radius 3 is 2.50 bits per heavy atom. The molecule has 0 bridgehead atoms. The number of pyridine rings is 2. The summed E-state index contributed by atoms with van der Waals surface area (Å²) in [5.74, 6) is 0.280. The molecule has 1 aliphatic rings. The molecule has 2 aromatic heterocycles. The second kappa shape index (κ2) is 9.89. The molecule has 0 saturated carbocycles. The predicted octanol–water partition coefficient (Wildman–Crippen LogP) is 4.89. The van der Waals surface area contributed by atoms with E-state index in [1.54, 1.807) is 24.5 Å². The Morgan fingerprint density at radius 1 is 0.971 bits per heavy atom. The molecule has 34 heavy (non-hydrogen) atoms. The highest BCUT2D eigenvalue weighted by Gasteiger charge is 2.22. The van der Waals surface area contributed by atoms with Crippen LogP contribution in [0.5, 0.6) is 5.75 Å². The highest BCUT2D eigenvalue weighted by molar-refractivity contribution is 5.63. The second-order valence-corrected chi connectivity index (χ2v) is 8.62. The molecule has 170 valence electrons. The van der Waals surface area contributed by atoms with Crippen molar-refractivity contribution < 1.29 is 5.11 Å². The quantitative estimate of drug-likeness (QED) is 0.455. The monoisotopic (exact) mass is 449 g/mol. The smallest absolute Gasteiger partial charge is 0.258 e. The van der Waals surface area contributed by atoms with E-state index >= 15 is 0 Å². The van der Waals surface area contributed by atoms with Crippen molar-refractivity contribution in [3.05, 3.63) is 124 Å². The van der Waals surface area contributed by atoms with E-state index in [2.05, 4.69) is 40.2 Å². The van der Waals surface area contributed by atoms with Crippen LogP contribution in [0.4, 0.5) is 0 Å². The topological polar surface area (TPSA) is 58.4 Å². The van der Waals surface area contributed by atoms with Crippen LogP contribution in [0.25, 0.3) is 17.2 Å². The first-order valence-electron chi connectivity index (χ1n) is 11.6. The third kappa shape index (κ3) is 4.85. The van der Waals surface area contributed by atoms with Crippen molar-refractivity contribution in [1.29, 1.82) is 0 Å². The fourth-order valence-electron chi connectivity index (χ4n) is 4.56. The van der Waals surface area contributed by atoms with Crippen molar-refractivity contribution in [3.63, 3.8) is 0 Å². The minimum absolute atomic E-state index is 0.0367. The largest absolute Gasteiger partial charge is 0.508 e. The summed E-state index contributed by atoms with van der Waals surface area (Å²) in [4.78, 5) is 20.1. The van der Waals surface area contributed by atoms with Gasteiger partial charge in [0, 0.05) is 56.3 Å². The van der Waals surface area contributed by atoms with Crippen LogP contribution in [-0.2, 0) is 26.1 Å². The molecule has 4 aromatic rings. The SMILES string of the molecule is O=c1c(-c2ccncc2)cc2c(n1CC=Cc1ccccc1)CCN(Cc1ccc(O)cc1)C2. The number of rotatable bonds is 6. The van der Waals surface area contributed by atoms with Gasteiger partial charge in [-0.15, -0.1) is 0 Å². The summed E-state index contributed by atoms with van der Waals surface area (Å²) in [6.45, 7) is 2.99. The molecule has 5 rings (SSSR count). The number of aromatic hydroxyl groups is 1. The summed E-state index contributed by atoms with van der Waals surface area (Å²) in [5, 5.41) is 9.58. The van der Waals surface area contributed by atoms with Gasteiger partial charge in [-0.25, -0.2) is 0 Å². The van der Waals surface area contributed by atoms with Gasteiger partial charge in [0.25, 0.3) is 5.56 Å². The molecule has 2 aromatic carbocycles. The van der Waals surface area contributed by atoms with E-state index in [0.29, 0.717) is 12.1 Å². The van der Waals surface area contributed by atoms with Gasteiger partial charge in [0.15, 0.2) is 0 Å². The van der Waals surface area contributed by atoms with Crippen LogP contribution in [-0.4, -0.2) is 26.1 Å². The number of hydrogen-bond acceptors (Lipinski definition) is 4. The molecule has 0 radical (unpaired) electrons. The number of fused-ring (bicyclic) bond motifs is 1. The summed E-state index contributed by atoms with van der Waals surface area (Å²) in [6, 6.07) is 23.4. The molecular formula is C29H27N3O2. The molecular weight excluding hydrogens is 422 g/mol. The summed E-state index contributed by atoms with van der Waals surface area (Å²) in [7, 11) is 0. The van der Waals surface area contributed by atoms with Gasteiger partial charge in [-0.1, -0.05) is 54.6 Å². The van der Waals surface area contributed by atoms with E-state index in [-0.39, 0.29) is 11.3 Å². The van der Waals surface area contributed by atoms with Gasteiger partial charge in [0.1, 0.15) is 5.75 Å². The lowest BCUT2D eigenvalue weighted by molar-refractivity contribution is 0.240. The molecule has 3 heterocycles. The zero-order valence-corrected chi connectivity index (χ0v) is 19.0. The Balaban J connectivity index is 1.48. The Labute approximate surface area is 199 Å². The summed E-state index contributed by atoms with van der Waals surface area (Å²) < 4.78 is 1.93. The molecule has 1 aliphatic heterocycles. The molecule has 0 unspecified atom stereocenters. The molecule has 0 saturated heterocycles. The van der Waals surface area contributed by atoms with E-state index < -0.39 is 0 Å². The molecule has 5 heteroatoms. The summed E-state index contributed by atoms with van der Waals surface area (Å²) in [5.41, 5.74) is 6.21. The Morgan fingerprint density at radius 2 is 1.74 bits per heavy atom. The van der Waals surface area contributed by atoms with Gasteiger partial charge in [0.2, 0.25) is 0 Å². The first kappa shape index (κ1) is 21.9. The highest BCUT2D eigenvalue weighted by Crippen LogP contribution is 2.25. The summed E-state index contributed by atoms with van der Waals surface area (Å²) in [6.07, 6.45) is 8.41. The molecule has 1 N–H and O–H groups in total. The van der Waals surface area contributed by atoms with Crippen LogP contribution in [0.1, 0.15) is 22.4 Å². The Bertz CT molecular complexity index is 1340. The first-order valence-corrected chi connectivity index (χ1v) is 11.6. The van der Waals surface area contributed by atoms with Gasteiger partial charge < -0.3 is 9.67 Å². The van der Waals surface area contributed by atoms with E-state index in [0.717, 1.165) is 48.4 Å². The molecule has 0 amide bonds. The lowest BCUT2D eigenvalue weighted by Crippen LogP contribution is -2.36. The number of aromatic nitrogens is 2. The number of phenolic OH excluding ortho intramolecular Hbond substituents is 1. The number of nitrogens with zero attached hydrogens (tertiary/aromatic N) is 3. The van der Waals surface area contributed by atoms with Crippen LogP contribution >= 0.6 is 0 Å². The zero-order chi connectivity index (χ0) is 23.3.